The molecule has 0 spiro atoms. The Hall–Kier alpha value is -3.98. The molecule has 3 nitrogen and oxygen atoms in total. The maximum Gasteiger partial charge on any atom is 0.235 e. The Morgan fingerprint density at radius 3 is 1.27 bits per heavy atom. The van der Waals surface area contributed by atoms with Crippen LogP contribution in [0.2, 0.25) is 0 Å². The summed E-state index contributed by atoms with van der Waals surface area (Å²) in [5.74, 6) is 0.0172. The first-order valence-corrected chi connectivity index (χ1v) is 14.2. The van der Waals surface area contributed by atoms with Crippen molar-refractivity contribution in [2.75, 3.05) is 6.54 Å². The molecule has 0 saturated carbocycles. The van der Waals surface area contributed by atoms with Gasteiger partial charge >= 0.3 is 0 Å². The van der Waals surface area contributed by atoms with Crippen molar-refractivity contribution in [3.05, 3.63) is 144 Å². The Bertz CT molecular complexity index is 1310. The lowest BCUT2D eigenvalue weighted by molar-refractivity contribution is -0.129. The third-order valence-electron chi connectivity index (χ3n) is 8.28. The average Bonchev–Trinajstić information content (AvgIpc) is 2.95. The molecule has 0 radical (unpaired) electrons. The molecule has 3 heteroatoms. The SMILES string of the molecule is CC(C)C(C(=O)CCNC(=O)C(c1ccccc1)(c1ccccc1)C(C)(C)C)(c1ccccc1)c1ccccc1. The summed E-state index contributed by atoms with van der Waals surface area (Å²) < 4.78 is 0. The molecule has 4 rings (SSSR count). The van der Waals surface area contributed by atoms with Crippen molar-refractivity contribution < 1.29 is 9.59 Å². The van der Waals surface area contributed by atoms with Crippen LogP contribution in [0.1, 0.15) is 63.3 Å². The molecule has 4 aromatic rings. The Morgan fingerprint density at radius 2 is 0.950 bits per heavy atom. The van der Waals surface area contributed by atoms with Crippen molar-refractivity contribution in [2.45, 2.75) is 51.9 Å². The molecular weight excluding hydrogens is 490 g/mol. The van der Waals surface area contributed by atoms with Crippen LogP contribution in [0.15, 0.2) is 121 Å². The zero-order valence-corrected chi connectivity index (χ0v) is 24.4. The predicted molar refractivity (Wildman–Crippen MR) is 164 cm³/mol. The molecule has 1 amide bonds. The van der Waals surface area contributed by atoms with Gasteiger partial charge in [0.2, 0.25) is 5.91 Å². The molecule has 1 N–H and O–H groups in total. The van der Waals surface area contributed by atoms with Gasteiger partial charge in [-0.05, 0) is 33.6 Å². The zero-order chi connectivity index (χ0) is 28.8. The summed E-state index contributed by atoms with van der Waals surface area (Å²) in [5, 5.41) is 3.21. The highest BCUT2D eigenvalue weighted by Gasteiger charge is 2.51. The van der Waals surface area contributed by atoms with E-state index in [1.807, 2.05) is 121 Å². The third-order valence-corrected chi connectivity index (χ3v) is 8.28. The van der Waals surface area contributed by atoms with Gasteiger partial charge in [0.05, 0.1) is 5.41 Å². The van der Waals surface area contributed by atoms with Crippen molar-refractivity contribution in [1.82, 2.24) is 5.32 Å². The van der Waals surface area contributed by atoms with Crippen LogP contribution >= 0.6 is 0 Å². The Labute approximate surface area is 239 Å². The fraction of sp³-hybridized carbons (Fsp3) is 0.297. The second-order valence-corrected chi connectivity index (χ2v) is 11.9. The molecule has 0 fully saturated rings. The number of hydrogen-bond acceptors (Lipinski definition) is 2. The molecule has 0 bridgehead atoms. The van der Waals surface area contributed by atoms with Gasteiger partial charge in [0.15, 0.2) is 0 Å². The van der Waals surface area contributed by atoms with Gasteiger partial charge < -0.3 is 5.32 Å². The van der Waals surface area contributed by atoms with Crippen LogP contribution in [-0.2, 0) is 20.4 Å². The van der Waals surface area contributed by atoms with Gasteiger partial charge in [-0.2, -0.15) is 0 Å². The van der Waals surface area contributed by atoms with E-state index in [-0.39, 0.29) is 30.6 Å². The smallest absolute Gasteiger partial charge is 0.235 e. The third kappa shape index (κ3) is 5.13. The van der Waals surface area contributed by atoms with Gasteiger partial charge in [0.1, 0.15) is 11.2 Å². The van der Waals surface area contributed by atoms with Gasteiger partial charge in [0.25, 0.3) is 0 Å². The van der Waals surface area contributed by atoms with Crippen molar-refractivity contribution in [3.63, 3.8) is 0 Å². The largest absolute Gasteiger partial charge is 0.355 e. The molecule has 0 atom stereocenters. The number of carbonyl (C=O) groups excluding carboxylic acids is 2. The molecule has 4 aromatic carbocycles. The lowest BCUT2D eigenvalue weighted by atomic mass is 9.58. The number of nitrogens with one attached hydrogen (secondary N) is 1. The number of hydrogen-bond donors (Lipinski definition) is 1. The molecule has 40 heavy (non-hydrogen) atoms. The molecule has 206 valence electrons. The van der Waals surface area contributed by atoms with Crippen LogP contribution in [0.3, 0.4) is 0 Å². The van der Waals surface area contributed by atoms with E-state index in [4.69, 9.17) is 0 Å². The topological polar surface area (TPSA) is 46.2 Å². The minimum Gasteiger partial charge on any atom is -0.355 e. The van der Waals surface area contributed by atoms with E-state index in [2.05, 4.69) is 39.9 Å². The molecule has 0 aliphatic rings. The van der Waals surface area contributed by atoms with Crippen molar-refractivity contribution in [2.24, 2.45) is 11.3 Å². The minimum atomic E-state index is -0.938. The predicted octanol–water partition coefficient (Wildman–Crippen LogP) is 7.74. The van der Waals surface area contributed by atoms with Crippen molar-refractivity contribution in [1.29, 1.82) is 0 Å². The van der Waals surface area contributed by atoms with E-state index >= 15 is 0 Å². The van der Waals surface area contributed by atoms with Crippen LogP contribution in [0.4, 0.5) is 0 Å². The summed E-state index contributed by atoms with van der Waals surface area (Å²) >= 11 is 0. The van der Waals surface area contributed by atoms with Crippen LogP contribution in [-0.4, -0.2) is 18.2 Å². The lowest BCUT2D eigenvalue weighted by Gasteiger charge is -2.44. The first-order valence-electron chi connectivity index (χ1n) is 14.2. The zero-order valence-electron chi connectivity index (χ0n) is 24.4. The monoisotopic (exact) mass is 531 g/mol. The fourth-order valence-electron chi connectivity index (χ4n) is 6.51. The molecule has 0 unspecified atom stereocenters. The number of amides is 1. The number of Topliss-reactive ketones (excluding diaryl/α,β-unsaturated/α-hetero) is 1. The van der Waals surface area contributed by atoms with E-state index in [0.29, 0.717) is 0 Å². The summed E-state index contributed by atoms with van der Waals surface area (Å²) in [7, 11) is 0. The van der Waals surface area contributed by atoms with E-state index in [0.717, 1.165) is 22.3 Å². The van der Waals surface area contributed by atoms with Gasteiger partial charge in [-0.25, -0.2) is 0 Å². The molecular formula is C37H41NO2. The average molecular weight is 532 g/mol. The number of rotatable bonds is 10. The standard InChI is InChI=1S/C37H41NO2/c1-28(2)36(29-18-10-6-11-19-29,30-20-12-7-13-21-30)33(39)26-27-38-34(40)37(35(3,4)5,31-22-14-8-15-23-31)32-24-16-9-17-25-32/h6-25,28H,26-27H2,1-5H3,(H,38,40). The van der Waals surface area contributed by atoms with Crippen LogP contribution in [0.25, 0.3) is 0 Å². The quantitative estimate of drug-likeness (QED) is 0.228. The van der Waals surface area contributed by atoms with Gasteiger partial charge in [0, 0.05) is 13.0 Å². The second-order valence-electron chi connectivity index (χ2n) is 11.9. The Kier molecular flexibility index (Phi) is 8.73. The summed E-state index contributed by atoms with van der Waals surface area (Å²) in [6, 6.07) is 40.0. The minimum absolute atomic E-state index is 0.0165. The Balaban J connectivity index is 1.70. The van der Waals surface area contributed by atoms with E-state index in [9.17, 15) is 9.59 Å². The summed E-state index contributed by atoms with van der Waals surface area (Å²) in [5.41, 5.74) is 1.62. The van der Waals surface area contributed by atoms with Crippen molar-refractivity contribution >= 4 is 11.7 Å². The molecule has 0 heterocycles. The highest BCUT2D eigenvalue weighted by atomic mass is 16.2. The van der Waals surface area contributed by atoms with Crippen LogP contribution in [0.5, 0.6) is 0 Å². The Morgan fingerprint density at radius 1 is 0.600 bits per heavy atom. The van der Waals surface area contributed by atoms with Crippen LogP contribution < -0.4 is 5.32 Å². The maximum absolute atomic E-state index is 14.4. The van der Waals surface area contributed by atoms with Crippen LogP contribution in [0, 0.1) is 11.3 Å². The first kappa shape index (κ1) is 29.0. The van der Waals surface area contributed by atoms with Crippen molar-refractivity contribution in [3.8, 4) is 0 Å². The number of carbonyl (C=O) groups is 2. The highest BCUT2D eigenvalue weighted by Crippen LogP contribution is 2.47. The fourth-order valence-corrected chi connectivity index (χ4v) is 6.51. The van der Waals surface area contributed by atoms with E-state index < -0.39 is 16.2 Å². The highest BCUT2D eigenvalue weighted by molar-refractivity contribution is 5.96. The maximum atomic E-state index is 14.4. The van der Waals surface area contributed by atoms with E-state index in [1.165, 1.54) is 0 Å². The van der Waals surface area contributed by atoms with Gasteiger partial charge in [-0.15, -0.1) is 0 Å². The summed E-state index contributed by atoms with van der Waals surface area (Å²) in [4.78, 5) is 28.7. The number of benzene rings is 4. The summed E-state index contributed by atoms with van der Waals surface area (Å²) in [6.45, 7) is 10.8. The van der Waals surface area contributed by atoms with E-state index in [1.54, 1.807) is 0 Å². The summed E-state index contributed by atoms with van der Waals surface area (Å²) in [6.07, 6.45) is 0.220. The first-order chi connectivity index (χ1) is 19.2. The normalized spacial score (nSPS) is 12.2. The number of ketones is 1. The second kappa shape index (κ2) is 12.0. The van der Waals surface area contributed by atoms with Gasteiger partial charge in [-0.1, -0.05) is 156 Å². The molecule has 0 aliphatic heterocycles. The lowest BCUT2D eigenvalue weighted by Crippen LogP contribution is -2.54. The molecule has 0 saturated heterocycles. The molecule has 0 aliphatic carbocycles. The van der Waals surface area contributed by atoms with Gasteiger partial charge in [-0.3, -0.25) is 9.59 Å². The molecule has 0 aromatic heterocycles.